The predicted molar refractivity (Wildman–Crippen MR) is 65.6 cm³/mol. The molecular weight excluding hydrogens is 272 g/mol. The number of halogens is 1. The first-order chi connectivity index (χ1) is 7.69. The third-order valence-corrected chi connectivity index (χ3v) is 3.18. The Labute approximate surface area is 102 Å². The fourth-order valence-electron chi connectivity index (χ4n) is 1.72. The summed E-state index contributed by atoms with van der Waals surface area (Å²) >= 11 is 3.34. The van der Waals surface area contributed by atoms with Gasteiger partial charge in [-0.05, 0) is 17.7 Å². The van der Waals surface area contributed by atoms with Gasteiger partial charge in [-0.1, -0.05) is 22.5 Å². The minimum absolute atomic E-state index is 0.00118. The molecule has 1 aliphatic heterocycles. The Hall–Kier alpha value is -1.29. The van der Waals surface area contributed by atoms with E-state index >= 15 is 0 Å². The number of ether oxygens (including phenoxy) is 2. The second-order valence-corrected chi connectivity index (χ2v) is 4.03. The zero-order chi connectivity index (χ0) is 11.7. The van der Waals surface area contributed by atoms with Crippen LogP contribution in [0.3, 0.4) is 0 Å². The van der Waals surface area contributed by atoms with Gasteiger partial charge < -0.3 is 9.47 Å². The molecule has 0 aliphatic carbocycles. The molecule has 1 aromatic carbocycles. The topological polar surface area (TPSA) is 35.5 Å². The van der Waals surface area contributed by atoms with Crippen molar-refractivity contribution in [2.45, 2.75) is 0 Å². The number of fused-ring (bicyclic) bond motifs is 1. The minimum atomic E-state index is 0.00118. The summed E-state index contributed by atoms with van der Waals surface area (Å²) in [7, 11) is 1.59. The molecule has 0 amide bonds. The van der Waals surface area contributed by atoms with Crippen molar-refractivity contribution in [1.82, 2.24) is 0 Å². The molecule has 0 N–H and O–H groups in total. The Kier molecular flexibility index (Phi) is 3.01. The van der Waals surface area contributed by atoms with Crippen molar-refractivity contribution in [2.24, 2.45) is 0 Å². The van der Waals surface area contributed by atoms with Crippen LogP contribution < -0.4 is 9.47 Å². The van der Waals surface area contributed by atoms with Crippen LogP contribution in [0.1, 0.15) is 15.9 Å². The average Bonchev–Trinajstić information content (AvgIpc) is 2.69. The van der Waals surface area contributed by atoms with Crippen LogP contribution in [0.5, 0.6) is 11.5 Å². The summed E-state index contributed by atoms with van der Waals surface area (Å²) in [4.78, 5) is 11.5. The van der Waals surface area contributed by atoms with Crippen LogP contribution in [-0.2, 0) is 0 Å². The number of rotatable bonds is 3. The lowest BCUT2D eigenvalue weighted by Gasteiger charge is -2.12. The number of methoxy groups -OCH3 is 1. The van der Waals surface area contributed by atoms with E-state index < -0.39 is 0 Å². The van der Waals surface area contributed by atoms with Crippen LogP contribution in [0.25, 0.3) is 5.57 Å². The normalized spacial score (nSPS) is 13.2. The molecule has 0 saturated carbocycles. The standard InChI is InChI=1S/C12H11BrO3/c1-7(5-13)11-10(15-2)4-3-8-9(14)6-16-12(8)11/h3-4H,1,5-6H2,2H3. The van der Waals surface area contributed by atoms with E-state index in [1.807, 2.05) is 0 Å². The lowest BCUT2D eigenvalue weighted by atomic mass is 10.0. The molecule has 1 aliphatic rings. The molecule has 2 rings (SSSR count). The maximum Gasteiger partial charge on any atom is 0.203 e. The smallest absolute Gasteiger partial charge is 0.203 e. The van der Waals surface area contributed by atoms with Crippen molar-refractivity contribution in [3.8, 4) is 11.5 Å². The number of carbonyl (C=O) groups excluding carboxylic acids is 1. The number of hydrogen-bond acceptors (Lipinski definition) is 3. The van der Waals surface area contributed by atoms with Crippen molar-refractivity contribution in [2.75, 3.05) is 19.0 Å². The molecule has 16 heavy (non-hydrogen) atoms. The highest BCUT2D eigenvalue weighted by Gasteiger charge is 2.27. The van der Waals surface area contributed by atoms with Gasteiger partial charge in [0.1, 0.15) is 11.5 Å². The quantitative estimate of drug-likeness (QED) is 0.800. The van der Waals surface area contributed by atoms with Crippen LogP contribution in [0.15, 0.2) is 18.7 Å². The molecule has 1 heterocycles. The van der Waals surface area contributed by atoms with Gasteiger partial charge in [0.2, 0.25) is 5.78 Å². The summed E-state index contributed by atoms with van der Waals surface area (Å²) in [5, 5.41) is 0.608. The van der Waals surface area contributed by atoms with E-state index in [0.717, 1.165) is 11.1 Å². The van der Waals surface area contributed by atoms with E-state index in [1.165, 1.54) is 0 Å². The average molecular weight is 283 g/mol. The van der Waals surface area contributed by atoms with E-state index in [0.29, 0.717) is 22.4 Å². The summed E-state index contributed by atoms with van der Waals surface area (Å²) in [5.74, 6) is 1.27. The molecule has 0 saturated heterocycles. The van der Waals surface area contributed by atoms with Gasteiger partial charge in [-0.3, -0.25) is 4.79 Å². The van der Waals surface area contributed by atoms with Gasteiger partial charge in [0.25, 0.3) is 0 Å². The number of hydrogen-bond donors (Lipinski definition) is 0. The Balaban J connectivity index is 2.63. The highest BCUT2D eigenvalue weighted by molar-refractivity contribution is 9.09. The van der Waals surface area contributed by atoms with Gasteiger partial charge in [-0.2, -0.15) is 0 Å². The fourth-order valence-corrected chi connectivity index (χ4v) is 2.00. The highest BCUT2D eigenvalue weighted by Crippen LogP contribution is 2.40. The van der Waals surface area contributed by atoms with Crippen LogP contribution >= 0.6 is 15.9 Å². The van der Waals surface area contributed by atoms with Gasteiger partial charge in [0.15, 0.2) is 6.61 Å². The van der Waals surface area contributed by atoms with Crippen LogP contribution in [0, 0.1) is 0 Å². The maximum atomic E-state index is 11.5. The molecule has 0 atom stereocenters. The van der Waals surface area contributed by atoms with Crippen molar-refractivity contribution >= 4 is 27.3 Å². The molecule has 84 valence electrons. The van der Waals surface area contributed by atoms with E-state index in [4.69, 9.17) is 9.47 Å². The van der Waals surface area contributed by atoms with E-state index in [2.05, 4.69) is 22.5 Å². The first-order valence-electron chi connectivity index (χ1n) is 4.80. The first-order valence-corrected chi connectivity index (χ1v) is 5.92. The molecule has 4 heteroatoms. The molecular formula is C12H11BrO3. The summed E-state index contributed by atoms with van der Waals surface area (Å²) in [5.41, 5.74) is 2.23. The van der Waals surface area contributed by atoms with E-state index in [9.17, 15) is 4.79 Å². The molecule has 0 unspecified atom stereocenters. The number of benzene rings is 1. The molecule has 0 spiro atoms. The molecule has 0 bridgehead atoms. The molecule has 0 radical (unpaired) electrons. The van der Waals surface area contributed by atoms with Gasteiger partial charge in [0, 0.05) is 5.33 Å². The Bertz CT molecular complexity index is 466. The second kappa shape index (κ2) is 4.29. The van der Waals surface area contributed by atoms with E-state index in [1.54, 1.807) is 19.2 Å². The third-order valence-electron chi connectivity index (χ3n) is 2.50. The fraction of sp³-hybridized carbons (Fsp3) is 0.250. The largest absolute Gasteiger partial charge is 0.496 e. The van der Waals surface area contributed by atoms with Crippen molar-refractivity contribution in [3.05, 3.63) is 29.8 Å². The molecule has 0 fully saturated rings. The summed E-state index contributed by atoms with van der Waals surface area (Å²) in [6, 6.07) is 3.50. The molecule has 3 nitrogen and oxygen atoms in total. The van der Waals surface area contributed by atoms with Crippen LogP contribution in [-0.4, -0.2) is 24.8 Å². The van der Waals surface area contributed by atoms with Crippen molar-refractivity contribution in [1.29, 1.82) is 0 Å². The second-order valence-electron chi connectivity index (χ2n) is 3.47. The summed E-state index contributed by atoms with van der Waals surface area (Å²) in [6.45, 7) is 4.04. The van der Waals surface area contributed by atoms with Crippen molar-refractivity contribution < 1.29 is 14.3 Å². The SMILES string of the molecule is C=C(CBr)c1c(OC)ccc2c1OCC2=O. The van der Waals surface area contributed by atoms with Gasteiger partial charge >= 0.3 is 0 Å². The maximum absolute atomic E-state index is 11.5. The van der Waals surface area contributed by atoms with Crippen LogP contribution in [0.2, 0.25) is 0 Å². The molecule has 0 aromatic heterocycles. The van der Waals surface area contributed by atoms with E-state index in [-0.39, 0.29) is 12.4 Å². The monoisotopic (exact) mass is 282 g/mol. The molecule has 1 aromatic rings. The van der Waals surface area contributed by atoms with Gasteiger partial charge in [0.05, 0.1) is 18.2 Å². The van der Waals surface area contributed by atoms with Crippen LogP contribution in [0.4, 0.5) is 0 Å². The van der Waals surface area contributed by atoms with Gasteiger partial charge in [-0.25, -0.2) is 0 Å². The lowest BCUT2D eigenvalue weighted by molar-refractivity contribution is 0.0961. The minimum Gasteiger partial charge on any atom is -0.496 e. The van der Waals surface area contributed by atoms with Crippen molar-refractivity contribution in [3.63, 3.8) is 0 Å². The zero-order valence-corrected chi connectivity index (χ0v) is 10.5. The predicted octanol–water partition coefficient (Wildman–Crippen LogP) is 2.68. The summed E-state index contributed by atoms with van der Waals surface area (Å²) in [6.07, 6.45) is 0. The zero-order valence-electron chi connectivity index (χ0n) is 8.88. The summed E-state index contributed by atoms with van der Waals surface area (Å²) < 4.78 is 10.7. The number of ketones is 1. The third kappa shape index (κ3) is 1.63. The number of alkyl halides is 1. The number of carbonyl (C=O) groups is 1. The first kappa shape index (κ1) is 11.2. The number of Topliss-reactive ketones (excluding diaryl/α,β-unsaturated/α-hetero) is 1. The Morgan fingerprint density at radius 1 is 1.62 bits per heavy atom. The number of allylic oxidation sites excluding steroid dienone is 1. The highest BCUT2D eigenvalue weighted by atomic mass is 79.9. The lowest BCUT2D eigenvalue weighted by Crippen LogP contribution is -1.98. The Morgan fingerprint density at radius 2 is 2.38 bits per heavy atom. The van der Waals surface area contributed by atoms with Gasteiger partial charge in [-0.15, -0.1) is 0 Å². The Morgan fingerprint density at radius 3 is 3.00 bits per heavy atom.